The van der Waals surface area contributed by atoms with Crippen LogP contribution in [0.1, 0.15) is 5.56 Å². The van der Waals surface area contributed by atoms with Gasteiger partial charge < -0.3 is 4.74 Å². The zero-order valence-electron chi connectivity index (χ0n) is 7.53. The molecule has 0 saturated carbocycles. The zero-order valence-corrected chi connectivity index (χ0v) is 7.53. The molecule has 2 aromatic rings. The van der Waals surface area contributed by atoms with Crippen LogP contribution in [0.25, 0.3) is 10.9 Å². The average Bonchev–Trinajstić information content (AvgIpc) is 2.88. The topological polar surface area (TPSA) is 50.3 Å². The van der Waals surface area contributed by atoms with Crippen LogP contribution in [0.3, 0.4) is 0 Å². The van der Waals surface area contributed by atoms with Crippen molar-refractivity contribution in [1.29, 1.82) is 0 Å². The third-order valence-corrected chi connectivity index (χ3v) is 2.27. The lowest BCUT2D eigenvalue weighted by Gasteiger charge is -2.00. The Morgan fingerprint density at radius 2 is 2.36 bits per heavy atom. The zero-order chi connectivity index (χ0) is 9.38. The summed E-state index contributed by atoms with van der Waals surface area (Å²) in [5.41, 5.74) is 2.06. The second kappa shape index (κ2) is 2.83. The number of hydrogen-bond acceptors (Lipinski definition) is 3. The molecule has 0 radical (unpaired) electrons. The number of fused-ring (bicyclic) bond motifs is 1. The van der Waals surface area contributed by atoms with Gasteiger partial charge in [-0.15, -0.1) is 0 Å². The number of hydrogen-bond donors (Lipinski definition) is 1. The summed E-state index contributed by atoms with van der Waals surface area (Å²) < 4.78 is 5.38. The quantitative estimate of drug-likeness (QED) is 0.732. The Labute approximate surface area is 80.6 Å². The van der Waals surface area contributed by atoms with Gasteiger partial charge in [0.15, 0.2) is 0 Å². The van der Waals surface area contributed by atoms with Gasteiger partial charge in [0.05, 0.1) is 18.3 Å². The monoisotopic (exact) mass is 187 g/mol. The molecular formula is C10H9N3O. The van der Waals surface area contributed by atoms with Crippen LogP contribution in [-0.4, -0.2) is 29.2 Å². The van der Waals surface area contributed by atoms with Gasteiger partial charge in [-0.2, -0.15) is 5.10 Å². The van der Waals surface area contributed by atoms with E-state index in [1.807, 2.05) is 18.2 Å². The highest BCUT2D eigenvalue weighted by Crippen LogP contribution is 2.15. The van der Waals surface area contributed by atoms with E-state index in [9.17, 15) is 0 Å². The van der Waals surface area contributed by atoms with Crippen LogP contribution in [-0.2, 0) is 4.74 Å². The Hall–Kier alpha value is -1.84. The fourth-order valence-electron chi connectivity index (χ4n) is 1.59. The molecule has 0 bridgehead atoms. The molecule has 1 aromatic carbocycles. The maximum absolute atomic E-state index is 5.38. The number of nitrogens with one attached hydrogen (secondary N) is 1. The first-order chi connectivity index (χ1) is 6.93. The van der Waals surface area contributed by atoms with E-state index in [1.54, 1.807) is 6.20 Å². The summed E-state index contributed by atoms with van der Waals surface area (Å²) >= 11 is 0. The van der Waals surface area contributed by atoms with Crippen LogP contribution in [0.2, 0.25) is 0 Å². The van der Waals surface area contributed by atoms with Gasteiger partial charge in [0, 0.05) is 10.9 Å². The van der Waals surface area contributed by atoms with E-state index in [1.165, 1.54) is 0 Å². The van der Waals surface area contributed by atoms with E-state index in [4.69, 9.17) is 4.74 Å². The number of aromatic nitrogens is 2. The smallest absolute Gasteiger partial charge is 0.216 e. The highest BCUT2D eigenvalue weighted by Gasteiger charge is 2.10. The Kier molecular flexibility index (Phi) is 1.53. The molecule has 2 heterocycles. The molecule has 1 aliphatic rings. The molecule has 0 aliphatic carbocycles. The first-order valence-electron chi connectivity index (χ1n) is 4.54. The third-order valence-electron chi connectivity index (χ3n) is 2.27. The van der Waals surface area contributed by atoms with E-state index in [-0.39, 0.29) is 0 Å². The molecule has 0 spiro atoms. The summed E-state index contributed by atoms with van der Waals surface area (Å²) in [6.45, 7) is 1.46. The van der Waals surface area contributed by atoms with Crippen molar-refractivity contribution in [1.82, 2.24) is 10.2 Å². The van der Waals surface area contributed by atoms with Crippen molar-refractivity contribution in [2.45, 2.75) is 0 Å². The summed E-state index contributed by atoms with van der Waals surface area (Å²) in [5.74, 6) is 0.744. The molecule has 70 valence electrons. The largest absolute Gasteiger partial charge is 0.476 e. The molecule has 4 heteroatoms. The molecule has 4 nitrogen and oxygen atoms in total. The van der Waals surface area contributed by atoms with Crippen molar-refractivity contribution in [3.05, 3.63) is 30.0 Å². The first kappa shape index (κ1) is 7.55. The van der Waals surface area contributed by atoms with Gasteiger partial charge in [-0.05, 0) is 18.2 Å². The minimum Gasteiger partial charge on any atom is -0.476 e. The molecule has 1 aromatic heterocycles. The van der Waals surface area contributed by atoms with Gasteiger partial charge in [0.25, 0.3) is 0 Å². The normalized spacial score (nSPS) is 15.6. The fourth-order valence-corrected chi connectivity index (χ4v) is 1.59. The van der Waals surface area contributed by atoms with Crippen LogP contribution < -0.4 is 0 Å². The molecule has 1 N–H and O–H groups in total. The maximum atomic E-state index is 5.38. The van der Waals surface area contributed by atoms with Gasteiger partial charge in [0.1, 0.15) is 6.61 Å². The SMILES string of the molecule is c1cc2[nH]ncc2cc1C1=NCCO1. The van der Waals surface area contributed by atoms with Crippen molar-refractivity contribution >= 4 is 16.8 Å². The molecule has 3 rings (SSSR count). The number of ether oxygens (including phenoxy) is 1. The van der Waals surface area contributed by atoms with Crippen LogP contribution in [0.15, 0.2) is 29.4 Å². The number of aromatic amines is 1. The highest BCUT2D eigenvalue weighted by molar-refractivity contribution is 5.98. The summed E-state index contributed by atoms with van der Waals surface area (Å²) in [4.78, 5) is 4.26. The maximum Gasteiger partial charge on any atom is 0.216 e. The van der Waals surface area contributed by atoms with Crippen LogP contribution in [0.5, 0.6) is 0 Å². The van der Waals surface area contributed by atoms with Crippen molar-refractivity contribution in [3.63, 3.8) is 0 Å². The third kappa shape index (κ3) is 1.08. The van der Waals surface area contributed by atoms with E-state index in [0.717, 1.165) is 28.9 Å². The van der Waals surface area contributed by atoms with E-state index in [2.05, 4.69) is 15.2 Å². The number of rotatable bonds is 1. The second-order valence-electron chi connectivity index (χ2n) is 3.21. The van der Waals surface area contributed by atoms with Crippen molar-refractivity contribution < 1.29 is 4.74 Å². The molecule has 0 saturated heterocycles. The minimum atomic E-state index is 0.693. The molecule has 0 atom stereocenters. The number of nitrogens with zero attached hydrogens (tertiary/aromatic N) is 2. The van der Waals surface area contributed by atoms with Gasteiger partial charge in [-0.1, -0.05) is 0 Å². The molecule has 0 unspecified atom stereocenters. The Balaban J connectivity index is 2.13. The Morgan fingerprint density at radius 1 is 1.36 bits per heavy atom. The number of H-pyrrole nitrogens is 1. The van der Waals surface area contributed by atoms with E-state index in [0.29, 0.717) is 6.61 Å². The van der Waals surface area contributed by atoms with Crippen LogP contribution in [0, 0.1) is 0 Å². The number of aliphatic imine (C=N–C) groups is 1. The summed E-state index contributed by atoms with van der Waals surface area (Å²) in [7, 11) is 0. The van der Waals surface area contributed by atoms with Crippen molar-refractivity contribution in [2.75, 3.05) is 13.2 Å². The molecular weight excluding hydrogens is 178 g/mol. The van der Waals surface area contributed by atoms with Crippen molar-refractivity contribution in [3.8, 4) is 0 Å². The van der Waals surface area contributed by atoms with Gasteiger partial charge in [-0.3, -0.25) is 5.10 Å². The molecule has 0 fully saturated rings. The lowest BCUT2D eigenvalue weighted by Crippen LogP contribution is -2.00. The standard InChI is InChI=1S/C10H9N3O/c1-2-9-8(6-12-13-9)5-7(1)10-11-3-4-14-10/h1-2,5-6H,3-4H2,(H,12,13). The second-order valence-corrected chi connectivity index (χ2v) is 3.21. The Bertz CT molecular complexity index is 501. The van der Waals surface area contributed by atoms with Gasteiger partial charge >= 0.3 is 0 Å². The molecule has 1 aliphatic heterocycles. The summed E-state index contributed by atoms with van der Waals surface area (Å²) in [6, 6.07) is 6.01. The van der Waals surface area contributed by atoms with Crippen LogP contribution in [0.4, 0.5) is 0 Å². The van der Waals surface area contributed by atoms with Gasteiger partial charge in [-0.25, -0.2) is 4.99 Å². The molecule has 0 amide bonds. The number of benzene rings is 1. The predicted octanol–water partition coefficient (Wildman–Crippen LogP) is 1.34. The fraction of sp³-hybridized carbons (Fsp3) is 0.200. The average molecular weight is 187 g/mol. The highest BCUT2D eigenvalue weighted by atomic mass is 16.5. The summed E-state index contributed by atoms with van der Waals surface area (Å²) in [5, 5.41) is 7.95. The summed E-state index contributed by atoms with van der Waals surface area (Å²) in [6.07, 6.45) is 1.80. The van der Waals surface area contributed by atoms with E-state index >= 15 is 0 Å². The van der Waals surface area contributed by atoms with Crippen molar-refractivity contribution in [2.24, 2.45) is 4.99 Å². The Morgan fingerprint density at radius 3 is 3.21 bits per heavy atom. The lowest BCUT2D eigenvalue weighted by atomic mass is 10.1. The van der Waals surface area contributed by atoms with Gasteiger partial charge in [0.2, 0.25) is 5.90 Å². The first-order valence-corrected chi connectivity index (χ1v) is 4.54. The lowest BCUT2D eigenvalue weighted by molar-refractivity contribution is 0.348. The minimum absolute atomic E-state index is 0.693. The predicted molar refractivity (Wildman–Crippen MR) is 53.4 cm³/mol. The van der Waals surface area contributed by atoms with Crippen LogP contribution >= 0.6 is 0 Å². The molecule has 14 heavy (non-hydrogen) atoms. The van der Waals surface area contributed by atoms with E-state index < -0.39 is 0 Å².